The van der Waals surface area contributed by atoms with Gasteiger partial charge in [-0.05, 0) is 30.5 Å². The molecule has 0 spiro atoms. The normalized spacial score (nSPS) is 14.7. The molecule has 0 aliphatic carbocycles. The predicted molar refractivity (Wildman–Crippen MR) is 65.1 cm³/mol. The first-order valence-electron chi connectivity index (χ1n) is 5.61. The van der Waals surface area contributed by atoms with E-state index in [0.717, 1.165) is 12.1 Å². The van der Waals surface area contributed by atoms with Gasteiger partial charge in [0.05, 0.1) is 12.6 Å². The largest absolute Gasteiger partial charge is 0.394 e. The van der Waals surface area contributed by atoms with E-state index in [2.05, 4.69) is 38.2 Å². The van der Waals surface area contributed by atoms with E-state index in [1.165, 1.54) is 5.56 Å². The third kappa shape index (κ3) is 3.56. The van der Waals surface area contributed by atoms with Crippen LogP contribution in [-0.2, 0) is 0 Å². The van der Waals surface area contributed by atoms with Crippen molar-refractivity contribution in [1.29, 1.82) is 0 Å². The molecule has 2 heteroatoms. The molecule has 0 aromatic heterocycles. The first kappa shape index (κ1) is 12.1. The summed E-state index contributed by atoms with van der Waals surface area (Å²) in [6.45, 7) is 6.56. The van der Waals surface area contributed by atoms with Gasteiger partial charge in [0.25, 0.3) is 0 Å². The Balaban J connectivity index is 2.66. The van der Waals surface area contributed by atoms with E-state index in [1.54, 1.807) is 0 Å². The standard InChI is InChI=1S/C13H21NO/c1-4-11(3)13(9-15)14-12-7-5-6-10(2)8-12/h5-8,11,13-15H,4,9H2,1-3H3. The van der Waals surface area contributed by atoms with Crippen molar-refractivity contribution in [2.24, 2.45) is 5.92 Å². The quantitative estimate of drug-likeness (QED) is 0.778. The van der Waals surface area contributed by atoms with Crippen LogP contribution in [0.3, 0.4) is 0 Å². The van der Waals surface area contributed by atoms with Gasteiger partial charge in [-0.25, -0.2) is 0 Å². The summed E-state index contributed by atoms with van der Waals surface area (Å²) in [5.41, 5.74) is 2.33. The fourth-order valence-electron chi connectivity index (χ4n) is 1.60. The van der Waals surface area contributed by atoms with E-state index >= 15 is 0 Å². The number of aliphatic hydroxyl groups excluding tert-OH is 1. The van der Waals surface area contributed by atoms with E-state index in [-0.39, 0.29) is 12.6 Å². The maximum atomic E-state index is 9.30. The highest BCUT2D eigenvalue weighted by Crippen LogP contribution is 2.15. The molecule has 2 atom stereocenters. The maximum absolute atomic E-state index is 9.30. The van der Waals surface area contributed by atoms with Gasteiger partial charge >= 0.3 is 0 Å². The maximum Gasteiger partial charge on any atom is 0.0635 e. The molecular weight excluding hydrogens is 186 g/mol. The highest BCUT2D eigenvalue weighted by atomic mass is 16.3. The third-order valence-electron chi connectivity index (χ3n) is 2.90. The van der Waals surface area contributed by atoms with E-state index in [4.69, 9.17) is 0 Å². The lowest BCUT2D eigenvalue weighted by molar-refractivity contribution is 0.241. The summed E-state index contributed by atoms with van der Waals surface area (Å²) in [4.78, 5) is 0. The van der Waals surface area contributed by atoms with E-state index in [1.807, 2.05) is 12.1 Å². The Morgan fingerprint density at radius 1 is 1.40 bits per heavy atom. The first-order chi connectivity index (χ1) is 7.17. The Morgan fingerprint density at radius 2 is 2.13 bits per heavy atom. The van der Waals surface area contributed by atoms with Crippen molar-refractivity contribution in [3.8, 4) is 0 Å². The van der Waals surface area contributed by atoms with Gasteiger partial charge < -0.3 is 10.4 Å². The van der Waals surface area contributed by atoms with E-state index in [9.17, 15) is 5.11 Å². The molecule has 0 fully saturated rings. The van der Waals surface area contributed by atoms with Crippen molar-refractivity contribution >= 4 is 5.69 Å². The minimum absolute atomic E-state index is 0.150. The number of aliphatic hydroxyl groups is 1. The molecule has 2 nitrogen and oxygen atoms in total. The van der Waals surface area contributed by atoms with Crippen LogP contribution in [0.5, 0.6) is 0 Å². The number of rotatable bonds is 5. The number of hydrogen-bond donors (Lipinski definition) is 2. The minimum atomic E-state index is 0.150. The van der Waals surface area contributed by atoms with Gasteiger partial charge in [-0.2, -0.15) is 0 Å². The molecule has 1 aromatic rings. The summed E-state index contributed by atoms with van der Waals surface area (Å²) < 4.78 is 0. The predicted octanol–water partition coefficient (Wildman–Crippen LogP) is 2.81. The molecule has 2 unspecified atom stereocenters. The molecule has 0 radical (unpaired) electrons. The van der Waals surface area contributed by atoms with Crippen molar-refractivity contribution in [2.75, 3.05) is 11.9 Å². The summed E-state index contributed by atoms with van der Waals surface area (Å²) in [7, 11) is 0. The van der Waals surface area contributed by atoms with Crippen LogP contribution >= 0.6 is 0 Å². The monoisotopic (exact) mass is 207 g/mol. The third-order valence-corrected chi connectivity index (χ3v) is 2.90. The molecule has 15 heavy (non-hydrogen) atoms. The van der Waals surface area contributed by atoms with Crippen LogP contribution in [0.4, 0.5) is 5.69 Å². The Labute approximate surface area is 92.3 Å². The topological polar surface area (TPSA) is 32.3 Å². The number of nitrogens with one attached hydrogen (secondary N) is 1. The summed E-state index contributed by atoms with van der Waals surface area (Å²) in [6.07, 6.45) is 1.07. The Kier molecular flexibility index (Phi) is 4.63. The summed E-state index contributed by atoms with van der Waals surface area (Å²) in [5, 5.41) is 12.7. The van der Waals surface area contributed by atoms with Crippen molar-refractivity contribution in [2.45, 2.75) is 33.2 Å². The lowest BCUT2D eigenvalue weighted by Gasteiger charge is -2.23. The van der Waals surface area contributed by atoms with Gasteiger partial charge in [0.2, 0.25) is 0 Å². The van der Waals surface area contributed by atoms with Crippen LogP contribution in [0.1, 0.15) is 25.8 Å². The zero-order valence-corrected chi connectivity index (χ0v) is 9.83. The Hall–Kier alpha value is -1.02. The smallest absolute Gasteiger partial charge is 0.0635 e. The summed E-state index contributed by atoms with van der Waals surface area (Å²) >= 11 is 0. The van der Waals surface area contributed by atoms with Crippen LogP contribution in [0.2, 0.25) is 0 Å². The van der Waals surface area contributed by atoms with Gasteiger partial charge in [0, 0.05) is 5.69 Å². The minimum Gasteiger partial charge on any atom is -0.394 e. The van der Waals surface area contributed by atoms with Crippen LogP contribution in [0.15, 0.2) is 24.3 Å². The molecule has 0 aliphatic heterocycles. The van der Waals surface area contributed by atoms with Crippen LogP contribution in [0, 0.1) is 12.8 Å². The molecule has 0 amide bonds. The number of hydrogen-bond acceptors (Lipinski definition) is 2. The average molecular weight is 207 g/mol. The second-order valence-corrected chi connectivity index (χ2v) is 4.19. The molecule has 0 bridgehead atoms. The van der Waals surface area contributed by atoms with Gasteiger partial charge in [-0.1, -0.05) is 32.4 Å². The highest BCUT2D eigenvalue weighted by Gasteiger charge is 2.13. The van der Waals surface area contributed by atoms with Crippen molar-refractivity contribution in [3.63, 3.8) is 0 Å². The fraction of sp³-hybridized carbons (Fsp3) is 0.538. The zero-order valence-electron chi connectivity index (χ0n) is 9.83. The number of aryl methyl sites for hydroxylation is 1. The van der Waals surface area contributed by atoms with Crippen LogP contribution < -0.4 is 5.32 Å². The highest BCUT2D eigenvalue weighted by molar-refractivity contribution is 5.46. The second kappa shape index (κ2) is 5.76. The molecular formula is C13H21NO. The zero-order chi connectivity index (χ0) is 11.3. The second-order valence-electron chi connectivity index (χ2n) is 4.19. The molecule has 84 valence electrons. The van der Waals surface area contributed by atoms with E-state index < -0.39 is 0 Å². The number of benzene rings is 1. The molecule has 0 aliphatic rings. The molecule has 0 saturated heterocycles. The van der Waals surface area contributed by atoms with Gasteiger partial charge in [-0.3, -0.25) is 0 Å². The van der Waals surface area contributed by atoms with Crippen molar-refractivity contribution < 1.29 is 5.11 Å². The summed E-state index contributed by atoms with van der Waals surface area (Å²) in [5.74, 6) is 0.482. The van der Waals surface area contributed by atoms with Gasteiger partial charge in [0.1, 0.15) is 0 Å². The Bertz CT molecular complexity index is 298. The molecule has 1 aromatic carbocycles. The Morgan fingerprint density at radius 3 is 2.67 bits per heavy atom. The first-order valence-corrected chi connectivity index (χ1v) is 5.61. The molecule has 0 saturated carbocycles. The van der Waals surface area contributed by atoms with Crippen molar-refractivity contribution in [3.05, 3.63) is 29.8 Å². The molecule has 2 N–H and O–H groups in total. The molecule has 1 rings (SSSR count). The van der Waals surface area contributed by atoms with Gasteiger partial charge in [0.15, 0.2) is 0 Å². The number of anilines is 1. The lowest BCUT2D eigenvalue weighted by atomic mass is 9.99. The summed E-state index contributed by atoms with van der Waals surface area (Å²) in [6, 6.07) is 8.39. The fourth-order valence-corrected chi connectivity index (χ4v) is 1.60. The molecule has 0 heterocycles. The van der Waals surface area contributed by atoms with Crippen LogP contribution in [-0.4, -0.2) is 17.8 Å². The average Bonchev–Trinajstić information content (AvgIpc) is 2.25. The van der Waals surface area contributed by atoms with Crippen molar-refractivity contribution in [1.82, 2.24) is 0 Å². The van der Waals surface area contributed by atoms with E-state index in [0.29, 0.717) is 5.92 Å². The SMILES string of the molecule is CCC(C)C(CO)Nc1cccc(C)c1. The van der Waals surface area contributed by atoms with Gasteiger partial charge in [-0.15, -0.1) is 0 Å². The lowest BCUT2D eigenvalue weighted by Crippen LogP contribution is -2.30. The van der Waals surface area contributed by atoms with Crippen LogP contribution in [0.25, 0.3) is 0 Å².